The first kappa shape index (κ1) is 26.0. The Morgan fingerprint density at radius 2 is 1.83 bits per heavy atom. The number of carbonyl (C=O) groups excluding carboxylic acids is 3. The van der Waals surface area contributed by atoms with Gasteiger partial charge in [0.25, 0.3) is 0 Å². The maximum absolute atomic E-state index is 14.3. The summed E-state index contributed by atoms with van der Waals surface area (Å²) in [6.07, 6.45) is 4.38. The molecule has 4 rings (SSSR count). The predicted molar refractivity (Wildman–Crippen MR) is 135 cm³/mol. The lowest BCUT2D eigenvalue weighted by atomic mass is 9.72. The minimum Gasteiger partial charge on any atom is -0.449 e. The van der Waals surface area contributed by atoms with Gasteiger partial charge in [-0.3, -0.25) is 14.5 Å². The van der Waals surface area contributed by atoms with E-state index < -0.39 is 11.6 Å². The van der Waals surface area contributed by atoms with Crippen molar-refractivity contribution in [3.8, 4) is 0 Å². The van der Waals surface area contributed by atoms with Crippen molar-refractivity contribution < 1.29 is 19.1 Å². The number of unbranched alkanes of at least 4 members (excludes halogenated alkanes) is 1. The molecule has 3 fully saturated rings. The quantitative estimate of drug-likeness (QED) is 0.537. The third-order valence-corrected chi connectivity index (χ3v) is 8.54. The zero-order chi connectivity index (χ0) is 25.2. The van der Waals surface area contributed by atoms with E-state index in [9.17, 15) is 14.4 Å². The normalized spacial score (nSPS) is 25.8. The standard InChI is InChI=1S/C27H38ClN3O4/c1-4-5-16-35-25(34)30(3)27(18-29-17-22(27)19-6-8-21(28)9-7-19)23(32)20-10-14-31(15-11-20)24(33)26(2)12-13-26/h6-9,20,22,29H,4-5,10-18H2,1-3H3/t22-,27+/m1/s1. The van der Waals surface area contributed by atoms with Gasteiger partial charge in [-0.1, -0.05) is 44.0 Å². The maximum Gasteiger partial charge on any atom is 0.410 e. The molecule has 2 saturated heterocycles. The lowest BCUT2D eigenvalue weighted by Crippen LogP contribution is -2.62. The number of halogens is 1. The summed E-state index contributed by atoms with van der Waals surface area (Å²) in [5.74, 6) is -0.161. The van der Waals surface area contributed by atoms with Crippen molar-refractivity contribution in [2.24, 2.45) is 11.3 Å². The highest BCUT2D eigenvalue weighted by atomic mass is 35.5. The first-order chi connectivity index (χ1) is 16.7. The van der Waals surface area contributed by atoms with E-state index in [1.807, 2.05) is 43.0 Å². The molecule has 0 radical (unpaired) electrons. The number of hydrogen-bond donors (Lipinski definition) is 1. The van der Waals surface area contributed by atoms with E-state index in [4.69, 9.17) is 16.3 Å². The van der Waals surface area contributed by atoms with Crippen LogP contribution in [-0.4, -0.2) is 73.0 Å². The van der Waals surface area contributed by atoms with Gasteiger partial charge < -0.3 is 15.0 Å². The number of hydrogen-bond acceptors (Lipinski definition) is 5. The number of nitrogens with zero attached hydrogens (tertiary/aromatic N) is 2. The van der Waals surface area contributed by atoms with Crippen LogP contribution < -0.4 is 5.32 Å². The van der Waals surface area contributed by atoms with E-state index >= 15 is 0 Å². The lowest BCUT2D eigenvalue weighted by molar-refractivity contribution is -0.142. The molecular weight excluding hydrogens is 466 g/mol. The van der Waals surface area contributed by atoms with E-state index in [1.165, 1.54) is 4.90 Å². The molecule has 7 nitrogen and oxygen atoms in total. The van der Waals surface area contributed by atoms with Crippen LogP contribution in [0.5, 0.6) is 0 Å². The van der Waals surface area contributed by atoms with Gasteiger partial charge in [-0.2, -0.15) is 0 Å². The van der Waals surface area contributed by atoms with Gasteiger partial charge >= 0.3 is 6.09 Å². The molecule has 2 amide bonds. The molecule has 1 saturated carbocycles. The van der Waals surface area contributed by atoms with Crippen LogP contribution in [0.15, 0.2) is 24.3 Å². The summed E-state index contributed by atoms with van der Waals surface area (Å²) >= 11 is 6.13. The predicted octanol–water partition coefficient (Wildman–Crippen LogP) is 4.24. The van der Waals surface area contributed by atoms with Crippen molar-refractivity contribution in [1.29, 1.82) is 0 Å². The third kappa shape index (κ3) is 5.08. The first-order valence-corrected chi connectivity index (χ1v) is 13.3. The number of likely N-dealkylation sites (tertiary alicyclic amines) is 1. The number of ketones is 1. The second-order valence-corrected chi connectivity index (χ2v) is 11.1. The molecule has 192 valence electrons. The minimum atomic E-state index is -1.06. The Bertz CT molecular complexity index is 940. The van der Waals surface area contributed by atoms with E-state index in [1.54, 1.807) is 7.05 Å². The number of benzene rings is 1. The van der Waals surface area contributed by atoms with Crippen molar-refractivity contribution in [3.63, 3.8) is 0 Å². The average Bonchev–Trinajstić information content (AvgIpc) is 3.47. The minimum absolute atomic E-state index is 0.0575. The molecule has 0 aromatic heterocycles. The molecule has 2 heterocycles. The van der Waals surface area contributed by atoms with Crippen LogP contribution in [-0.2, 0) is 14.3 Å². The van der Waals surface area contributed by atoms with Crippen LogP contribution in [0, 0.1) is 11.3 Å². The average molecular weight is 504 g/mol. The zero-order valence-electron chi connectivity index (χ0n) is 21.1. The summed E-state index contributed by atoms with van der Waals surface area (Å²) in [6.45, 7) is 6.53. The Morgan fingerprint density at radius 1 is 1.17 bits per heavy atom. The number of ether oxygens (including phenoxy) is 1. The van der Waals surface area contributed by atoms with Crippen molar-refractivity contribution in [2.45, 2.75) is 63.8 Å². The first-order valence-electron chi connectivity index (χ1n) is 12.9. The molecule has 8 heteroatoms. The fraction of sp³-hybridized carbons (Fsp3) is 0.667. The fourth-order valence-electron chi connectivity index (χ4n) is 5.61. The zero-order valence-corrected chi connectivity index (χ0v) is 21.9. The van der Waals surface area contributed by atoms with E-state index in [2.05, 4.69) is 5.32 Å². The molecule has 1 aromatic carbocycles. The molecular formula is C27H38ClN3O4. The number of nitrogens with one attached hydrogen (secondary N) is 1. The summed E-state index contributed by atoms with van der Waals surface area (Å²) in [7, 11) is 1.69. The lowest BCUT2D eigenvalue weighted by Gasteiger charge is -2.44. The molecule has 0 unspecified atom stereocenters. The molecule has 1 N–H and O–H groups in total. The highest BCUT2D eigenvalue weighted by molar-refractivity contribution is 6.30. The second-order valence-electron chi connectivity index (χ2n) is 10.7. The van der Waals surface area contributed by atoms with Crippen molar-refractivity contribution in [3.05, 3.63) is 34.9 Å². The molecule has 2 atom stereocenters. The maximum atomic E-state index is 14.3. The second kappa shape index (κ2) is 10.5. The number of amides is 2. The van der Waals surface area contributed by atoms with Crippen molar-refractivity contribution in [1.82, 2.24) is 15.1 Å². The van der Waals surface area contributed by atoms with Gasteiger partial charge in [0.2, 0.25) is 5.91 Å². The van der Waals surface area contributed by atoms with E-state index in [-0.39, 0.29) is 28.9 Å². The van der Waals surface area contributed by atoms with Crippen LogP contribution in [0.3, 0.4) is 0 Å². The van der Waals surface area contributed by atoms with Gasteiger partial charge in [0, 0.05) is 55.5 Å². The summed E-state index contributed by atoms with van der Waals surface area (Å²) in [5, 5.41) is 4.02. The molecule has 1 aromatic rings. The summed E-state index contributed by atoms with van der Waals surface area (Å²) in [4.78, 5) is 43.7. The van der Waals surface area contributed by atoms with Gasteiger partial charge in [-0.05, 0) is 49.8 Å². The van der Waals surface area contributed by atoms with E-state index in [0.717, 1.165) is 31.2 Å². The van der Waals surface area contributed by atoms with Crippen LogP contribution in [0.4, 0.5) is 4.79 Å². The van der Waals surface area contributed by atoms with Crippen LogP contribution >= 0.6 is 11.6 Å². The Labute approximate surface area is 213 Å². The Hall–Kier alpha value is -2.12. The molecule has 3 aliphatic rings. The monoisotopic (exact) mass is 503 g/mol. The summed E-state index contributed by atoms with van der Waals surface area (Å²) in [6, 6.07) is 7.53. The molecule has 35 heavy (non-hydrogen) atoms. The van der Waals surface area contributed by atoms with E-state index in [0.29, 0.717) is 50.7 Å². The smallest absolute Gasteiger partial charge is 0.410 e. The van der Waals surface area contributed by atoms with Gasteiger partial charge in [0.05, 0.1) is 6.61 Å². The SMILES string of the molecule is CCCCOC(=O)N(C)[C@@]1(C(=O)C2CCN(C(=O)C3(C)CC3)CC2)CNC[C@@H]1c1ccc(Cl)cc1. The van der Waals surface area contributed by atoms with Crippen LogP contribution in [0.1, 0.15) is 63.9 Å². The van der Waals surface area contributed by atoms with Crippen molar-refractivity contribution >= 4 is 29.4 Å². The number of Topliss-reactive ketones (excluding diaryl/α,β-unsaturated/α-hetero) is 1. The third-order valence-electron chi connectivity index (χ3n) is 8.28. The molecule has 2 aliphatic heterocycles. The Morgan fingerprint density at radius 3 is 2.43 bits per heavy atom. The number of piperidine rings is 1. The van der Waals surface area contributed by atoms with Crippen LogP contribution in [0.25, 0.3) is 0 Å². The van der Waals surface area contributed by atoms with Gasteiger partial charge in [-0.25, -0.2) is 4.79 Å². The topological polar surface area (TPSA) is 79.0 Å². The fourth-order valence-corrected chi connectivity index (χ4v) is 5.74. The van der Waals surface area contributed by atoms with Crippen molar-refractivity contribution in [2.75, 3.05) is 39.8 Å². The number of rotatable bonds is 8. The van der Waals surface area contributed by atoms with Gasteiger partial charge in [0.15, 0.2) is 5.78 Å². The summed E-state index contributed by atoms with van der Waals surface area (Å²) in [5.41, 5.74) is -0.290. The largest absolute Gasteiger partial charge is 0.449 e. The highest BCUT2D eigenvalue weighted by Gasteiger charge is 2.56. The molecule has 0 bridgehead atoms. The molecule has 1 aliphatic carbocycles. The number of carbonyl (C=O) groups is 3. The van der Waals surface area contributed by atoms with Gasteiger partial charge in [0.1, 0.15) is 5.54 Å². The number of likely N-dealkylation sites (N-methyl/N-ethyl adjacent to an activating group) is 1. The Kier molecular flexibility index (Phi) is 7.77. The van der Waals surface area contributed by atoms with Gasteiger partial charge in [-0.15, -0.1) is 0 Å². The Balaban J connectivity index is 1.57. The van der Waals surface area contributed by atoms with Crippen LogP contribution in [0.2, 0.25) is 5.02 Å². The highest BCUT2D eigenvalue weighted by Crippen LogP contribution is 2.47. The summed E-state index contributed by atoms with van der Waals surface area (Å²) < 4.78 is 5.55. The molecule has 0 spiro atoms.